The molecule has 76 heavy (non-hydrogen) atoms. The molecule has 0 spiro atoms. The molecule has 7 nitrogen and oxygen atoms in total. The van der Waals surface area contributed by atoms with Gasteiger partial charge in [0, 0.05) is 46.1 Å². The van der Waals surface area contributed by atoms with E-state index in [0.717, 1.165) is 105 Å². The molecule has 0 N–H and O–H groups in total. The monoisotopic (exact) mass is 981 g/mol. The van der Waals surface area contributed by atoms with E-state index in [1.54, 1.807) is 30.6 Å². The topological polar surface area (TPSA) is 104 Å². The fraction of sp³-hybridized carbons (Fsp3) is 0.0882. The smallest absolute Gasteiger partial charge is 0.150 e. The summed E-state index contributed by atoms with van der Waals surface area (Å²) in [6, 6.07) is 68.5. The van der Waals surface area contributed by atoms with Crippen molar-refractivity contribution in [2.75, 3.05) is 0 Å². The Hall–Kier alpha value is -9.89. The van der Waals surface area contributed by atoms with Gasteiger partial charge in [0.15, 0.2) is 5.82 Å². The number of nitrogens with zero attached hydrogens (tertiary/aromatic N) is 7. The van der Waals surface area contributed by atoms with E-state index in [2.05, 4.69) is 156 Å². The molecule has 0 fully saturated rings. The van der Waals surface area contributed by atoms with Crippen LogP contribution in [0.5, 0.6) is 0 Å². The summed E-state index contributed by atoms with van der Waals surface area (Å²) in [7, 11) is 0. The summed E-state index contributed by atoms with van der Waals surface area (Å²) in [6.07, 6.45) is 7.61. The molecule has 0 aliphatic rings. The van der Waals surface area contributed by atoms with Crippen molar-refractivity contribution < 1.29 is 4.39 Å². The van der Waals surface area contributed by atoms with Crippen molar-refractivity contribution >= 4 is 27.3 Å². The Morgan fingerprint density at radius 3 is 1.79 bits per heavy atom. The minimum absolute atomic E-state index is 0.0359. The van der Waals surface area contributed by atoms with Crippen molar-refractivity contribution in [3.63, 3.8) is 0 Å². The Morgan fingerprint density at radius 1 is 0.447 bits per heavy atom. The van der Waals surface area contributed by atoms with Gasteiger partial charge >= 0.3 is 0 Å². The van der Waals surface area contributed by atoms with Crippen LogP contribution >= 0.6 is 0 Å². The first-order valence-electron chi connectivity index (χ1n) is 25.5. The Labute approximate surface area is 440 Å². The van der Waals surface area contributed by atoms with Crippen molar-refractivity contribution in [2.24, 2.45) is 0 Å². The highest BCUT2D eigenvalue weighted by Crippen LogP contribution is 2.41. The van der Waals surface area contributed by atoms with Crippen LogP contribution in [0.2, 0.25) is 0 Å². The van der Waals surface area contributed by atoms with E-state index in [4.69, 9.17) is 10.1 Å². The van der Waals surface area contributed by atoms with Crippen LogP contribution in [-0.2, 0) is 25.7 Å². The number of aromatic nitrogens is 5. The average Bonchev–Trinajstić information content (AvgIpc) is 3.87. The summed E-state index contributed by atoms with van der Waals surface area (Å²) in [6.45, 7) is 4.22. The maximum absolute atomic E-state index is 16.1. The van der Waals surface area contributed by atoms with Crippen LogP contribution in [0.25, 0.3) is 94.3 Å². The predicted molar refractivity (Wildman–Crippen MR) is 303 cm³/mol. The van der Waals surface area contributed by atoms with Crippen molar-refractivity contribution in [2.45, 2.75) is 39.5 Å². The molecule has 0 aliphatic heterocycles. The van der Waals surface area contributed by atoms with Crippen LogP contribution in [0.3, 0.4) is 0 Å². The van der Waals surface area contributed by atoms with Crippen LogP contribution in [0, 0.1) is 42.3 Å². The predicted octanol–water partition coefficient (Wildman–Crippen LogP) is 15.9. The second-order valence-corrected chi connectivity index (χ2v) is 19.3. The molecule has 0 saturated heterocycles. The molecule has 0 saturated carbocycles. The molecule has 0 unspecified atom stereocenters. The molecule has 12 rings (SSSR count). The van der Waals surface area contributed by atoms with Crippen LogP contribution < -0.4 is 0 Å². The molecule has 8 heteroatoms. The second-order valence-electron chi connectivity index (χ2n) is 19.3. The van der Waals surface area contributed by atoms with Gasteiger partial charge in [0.2, 0.25) is 0 Å². The van der Waals surface area contributed by atoms with Gasteiger partial charge in [0.05, 0.1) is 50.8 Å². The Kier molecular flexibility index (Phi) is 12.5. The van der Waals surface area contributed by atoms with Crippen LogP contribution in [-0.4, -0.2) is 24.6 Å². The van der Waals surface area contributed by atoms with E-state index in [1.807, 2.05) is 60.8 Å². The molecular weight excluding hydrogens is 934 g/mol. The number of benzene rings is 7. The highest BCUT2D eigenvalue weighted by Gasteiger charge is 2.21. The number of hydrogen-bond acceptors (Lipinski definition) is 6. The van der Waals surface area contributed by atoms with Crippen LogP contribution in [0.1, 0.15) is 44.6 Å². The van der Waals surface area contributed by atoms with Gasteiger partial charge in [0.25, 0.3) is 0 Å². The minimum Gasteiger partial charge on any atom is -0.256 e. The number of hydrogen-bond donors (Lipinski definition) is 0. The molecule has 0 atom stereocenters. The first kappa shape index (κ1) is 47.1. The fourth-order valence-corrected chi connectivity index (χ4v) is 10.8. The highest BCUT2D eigenvalue weighted by atomic mass is 19.1. The first-order valence-corrected chi connectivity index (χ1v) is 25.5. The quantitative estimate of drug-likeness (QED) is 0.113. The van der Waals surface area contributed by atoms with E-state index in [9.17, 15) is 10.5 Å². The van der Waals surface area contributed by atoms with E-state index in [-0.39, 0.29) is 5.56 Å². The van der Waals surface area contributed by atoms with Gasteiger partial charge in [-0.15, -0.1) is 0 Å². The maximum Gasteiger partial charge on any atom is 0.150 e. The SMILES string of the molecule is Cc1nn2c(c1C)c1cc(-c3ccccc3-c3cc(CCc4ccc(-c5ccccn5)cc4C#N)cc(CCc4ccc(-c5ccccn5)c(F)c4C#N)c3)ccc1c1nccc(-c3ccc(-c4ccccc4)cc3)c12. The zero-order valence-electron chi connectivity index (χ0n) is 42.0. The number of fused-ring (bicyclic) bond motifs is 6. The van der Waals surface area contributed by atoms with E-state index in [0.29, 0.717) is 48.1 Å². The van der Waals surface area contributed by atoms with Gasteiger partial charge in [-0.25, -0.2) is 8.91 Å². The third kappa shape index (κ3) is 8.82. The summed E-state index contributed by atoms with van der Waals surface area (Å²) in [5, 5.41) is 27.9. The molecule has 0 bridgehead atoms. The molecule has 362 valence electrons. The van der Waals surface area contributed by atoms with Crippen molar-refractivity contribution in [3.05, 3.63) is 257 Å². The molecule has 5 aromatic heterocycles. The van der Waals surface area contributed by atoms with Crippen LogP contribution in [0.15, 0.2) is 207 Å². The molecule has 0 amide bonds. The minimum atomic E-state index is -0.559. The van der Waals surface area contributed by atoms with Crippen molar-refractivity contribution in [1.82, 2.24) is 24.6 Å². The van der Waals surface area contributed by atoms with Crippen molar-refractivity contribution in [1.29, 1.82) is 10.5 Å². The molecule has 12 aromatic rings. The molecular formula is C68H48FN7. The largest absolute Gasteiger partial charge is 0.256 e. The van der Waals surface area contributed by atoms with Gasteiger partial charge in [-0.05, 0) is 155 Å². The zero-order chi connectivity index (χ0) is 51.7. The van der Waals surface area contributed by atoms with E-state index in [1.165, 1.54) is 5.56 Å². The van der Waals surface area contributed by atoms with Gasteiger partial charge in [-0.1, -0.05) is 140 Å². The fourth-order valence-electron chi connectivity index (χ4n) is 10.8. The lowest BCUT2D eigenvalue weighted by atomic mass is 9.89. The lowest BCUT2D eigenvalue weighted by molar-refractivity contribution is 0.624. The Balaban J connectivity index is 0.941. The molecule has 7 aromatic carbocycles. The lowest BCUT2D eigenvalue weighted by Gasteiger charge is -2.16. The number of pyridine rings is 4. The lowest BCUT2D eigenvalue weighted by Crippen LogP contribution is -2.02. The summed E-state index contributed by atoms with van der Waals surface area (Å²) < 4.78 is 18.2. The summed E-state index contributed by atoms with van der Waals surface area (Å²) in [5.74, 6) is -0.559. The van der Waals surface area contributed by atoms with Crippen molar-refractivity contribution in [3.8, 4) is 79.2 Å². The summed E-state index contributed by atoms with van der Waals surface area (Å²) >= 11 is 0. The number of nitriles is 2. The average molecular weight is 982 g/mol. The third-order valence-electron chi connectivity index (χ3n) is 14.8. The van der Waals surface area contributed by atoms with E-state index >= 15 is 4.39 Å². The third-order valence-corrected chi connectivity index (χ3v) is 14.8. The summed E-state index contributed by atoms with van der Waals surface area (Å²) in [4.78, 5) is 13.9. The maximum atomic E-state index is 16.1. The van der Waals surface area contributed by atoms with Gasteiger partial charge < -0.3 is 0 Å². The standard InChI is InChI=1S/C68H48FN7/c1-43-44(2)75-76-67(43)61-40-52(29-30-59(61)66-68(76)58(32-35-74-66)50-25-22-48(23-26-50)47-12-4-3-5-13-47)56-14-6-7-15-57(56)54-37-45(18-20-49-24-27-53(39-55(49)41-70)63-16-8-10-33-72-63)36-46(38-54)19-21-51-28-31-60(65(69)62(51)42-71)64-17-9-11-34-73-64/h3-17,22-40H,18-21H2,1-2H3. The Bertz CT molecular complexity index is 4270. The zero-order valence-corrected chi connectivity index (χ0v) is 42.0. The number of halogens is 1. The molecule has 0 aliphatic carbocycles. The normalized spacial score (nSPS) is 11.3. The number of aryl methyl sites for hydroxylation is 6. The number of rotatable bonds is 12. The highest BCUT2D eigenvalue weighted by molar-refractivity contribution is 6.15. The summed E-state index contributed by atoms with van der Waals surface area (Å²) in [5.41, 5.74) is 20.6. The second kappa shape index (κ2) is 20.2. The van der Waals surface area contributed by atoms with Gasteiger partial charge in [-0.3, -0.25) is 15.0 Å². The van der Waals surface area contributed by atoms with Crippen LogP contribution in [0.4, 0.5) is 4.39 Å². The van der Waals surface area contributed by atoms with E-state index < -0.39 is 5.82 Å². The Morgan fingerprint density at radius 2 is 1.08 bits per heavy atom. The van der Waals surface area contributed by atoms with Gasteiger partial charge in [-0.2, -0.15) is 15.6 Å². The molecule has 0 radical (unpaired) electrons. The first-order chi connectivity index (χ1) is 37.3. The van der Waals surface area contributed by atoms with Gasteiger partial charge in [0.1, 0.15) is 6.07 Å². The molecule has 5 heterocycles.